The molecule has 3 rings (SSSR count). The number of hydrogen-bond acceptors (Lipinski definition) is 2. The monoisotopic (exact) mass is 274 g/mol. The molecule has 1 aromatic rings. The highest BCUT2D eigenvalue weighted by Crippen LogP contribution is 2.37. The minimum absolute atomic E-state index is 0.0810. The first-order chi connectivity index (χ1) is 9.63. The average molecular weight is 274 g/mol. The maximum Gasteiger partial charge on any atom is 0.335 e. The van der Waals surface area contributed by atoms with Crippen molar-refractivity contribution in [2.75, 3.05) is 18.4 Å². The number of anilines is 1. The van der Waals surface area contributed by atoms with Gasteiger partial charge in [0.05, 0.1) is 5.56 Å². The second kappa shape index (κ2) is 5.15. The number of nitrogens with one attached hydrogen (secondary N) is 1. The van der Waals surface area contributed by atoms with E-state index in [0.29, 0.717) is 17.5 Å². The largest absolute Gasteiger partial charge is 0.478 e. The highest BCUT2D eigenvalue weighted by atomic mass is 16.4. The van der Waals surface area contributed by atoms with Crippen LogP contribution in [0.25, 0.3) is 0 Å². The molecule has 1 aromatic carbocycles. The first-order valence-corrected chi connectivity index (χ1v) is 7.03. The second-order valence-electron chi connectivity index (χ2n) is 5.67. The third-order valence-electron chi connectivity index (χ3n) is 4.40. The van der Waals surface area contributed by atoms with Crippen LogP contribution in [0, 0.1) is 11.8 Å². The molecule has 0 radical (unpaired) electrons. The van der Waals surface area contributed by atoms with Crippen molar-refractivity contribution < 1.29 is 14.7 Å². The topological polar surface area (TPSA) is 69.6 Å². The summed E-state index contributed by atoms with van der Waals surface area (Å²) in [6.07, 6.45) is 3.77. The van der Waals surface area contributed by atoms with E-state index in [1.54, 1.807) is 12.1 Å². The van der Waals surface area contributed by atoms with Gasteiger partial charge in [-0.15, -0.1) is 0 Å². The van der Waals surface area contributed by atoms with E-state index in [1.165, 1.54) is 31.4 Å². The van der Waals surface area contributed by atoms with E-state index in [4.69, 9.17) is 5.11 Å². The molecule has 2 amide bonds. The maximum absolute atomic E-state index is 12.2. The Labute approximate surface area is 117 Å². The number of aromatic carboxylic acids is 1. The molecule has 1 aliphatic carbocycles. The number of rotatable bonds is 2. The van der Waals surface area contributed by atoms with Gasteiger partial charge in [-0.25, -0.2) is 9.59 Å². The summed E-state index contributed by atoms with van der Waals surface area (Å²) in [5, 5.41) is 11.7. The molecule has 5 nitrogen and oxygen atoms in total. The van der Waals surface area contributed by atoms with Crippen LogP contribution >= 0.6 is 0 Å². The zero-order chi connectivity index (χ0) is 14.1. The van der Waals surface area contributed by atoms with Crippen LogP contribution in [-0.4, -0.2) is 35.1 Å². The minimum Gasteiger partial charge on any atom is -0.478 e. The fraction of sp³-hybridized carbons (Fsp3) is 0.467. The van der Waals surface area contributed by atoms with Gasteiger partial charge < -0.3 is 15.3 Å². The summed E-state index contributed by atoms with van der Waals surface area (Å²) in [6.45, 7) is 1.70. The quantitative estimate of drug-likeness (QED) is 0.871. The third-order valence-corrected chi connectivity index (χ3v) is 4.40. The van der Waals surface area contributed by atoms with Gasteiger partial charge in [-0.3, -0.25) is 0 Å². The Morgan fingerprint density at radius 2 is 1.70 bits per heavy atom. The van der Waals surface area contributed by atoms with Crippen LogP contribution in [0.2, 0.25) is 0 Å². The zero-order valence-corrected chi connectivity index (χ0v) is 11.2. The summed E-state index contributed by atoms with van der Waals surface area (Å²) in [7, 11) is 0. The van der Waals surface area contributed by atoms with E-state index in [2.05, 4.69) is 5.32 Å². The molecule has 0 spiro atoms. The first-order valence-electron chi connectivity index (χ1n) is 7.03. The van der Waals surface area contributed by atoms with E-state index in [9.17, 15) is 9.59 Å². The van der Waals surface area contributed by atoms with E-state index < -0.39 is 5.97 Å². The lowest BCUT2D eigenvalue weighted by Crippen LogP contribution is -2.33. The molecule has 2 N–H and O–H groups in total. The van der Waals surface area contributed by atoms with Gasteiger partial charge in [0.1, 0.15) is 0 Å². The summed E-state index contributed by atoms with van der Waals surface area (Å²) >= 11 is 0. The van der Waals surface area contributed by atoms with Gasteiger partial charge in [-0.1, -0.05) is 6.42 Å². The van der Waals surface area contributed by atoms with Crippen molar-refractivity contribution in [3.63, 3.8) is 0 Å². The van der Waals surface area contributed by atoms with Crippen molar-refractivity contribution >= 4 is 17.7 Å². The SMILES string of the molecule is O=C(O)c1ccc(NC(=O)N2CC3CCCC3C2)cc1. The van der Waals surface area contributed by atoms with Crippen LogP contribution in [0.1, 0.15) is 29.6 Å². The van der Waals surface area contributed by atoms with Crippen LogP contribution in [0.15, 0.2) is 24.3 Å². The van der Waals surface area contributed by atoms with Gasteiger partial charge in [-0.2, -0.15) is 0 Å². The van der Waals surface area contributed by atoms with Crippen molar-refractivity contribution in [2.24, 2.45) is 11.8 Å². The number of amides is 2. The molecule has 5 heteroatoms. The predicted octanol–water partition coefficient (Wildman–Crippen LogP) is 2.65. The number of urea groups is 1. The fourth-order valence-corrected chi connectivity index (χ4v) is 3.30. The fourth-order valence-electron chi connectivity index (χ4n) is 3.30. The lowest BCUT2D eigenvalue weighted by molar-refractivity contribution is 0.0697. The van der Waals surface area contributed by atoms with Crippen molar-refractivity contribution in [1.82, 2.24) is 4.90 Å². The van der Waals surface area contributed by atoms with Crippen molar-refractivity contribution in [3.8, 4) is 0 Å². The standard InChI is InChI=1S/C15H18N2O3/c18-14(19)10-4-6-13(7-5-10)16-15(20)17-8-11-2-1-3-12(11)9-17/h4-7,11-12H,1-3,8-9H2,(H,16,20)(H,18,19). The summed E-state index contributed by atoms with van der Waals surface area (Å²) in [5.74, 6) is 0.389. The number of hydrogen-bond donors (Lipinski definition) is 2. The number of carboxylic acids is 1. The number of carbonyl (C=O) groups is 2. The molecule has 0 bridgehead atoms. The Morgan fingerprint density at radius 1 is 1.10 bits per heavy atom. The smallest absolute Gasteiger partial charge is 0.335 e. The molecule has 2 unspecified atom stereocenters. The number of carboxylic acid groups (broad SMARTS) is 1. The highest BCUT2D eigenvalue weighted by molar-refractivity contribution is 5.91. The molecular formula is C15H18N2O3. The number of nitrogens with zero attached hydrogens (tertiary/aromatic N) is 1. The van der Waals surface area contributed by atoms with Crippen molar-refractivity contribution in [3.05, 3.63) is 29.8 Å². The Balaban J connectivity index is 1.60. The number of benzene rings is 1. The van der Waals surface area contributed by atoms with Crippen LogP contribution < -0.4 is 5.32 Å². The van der Waals surface area contributed by atoms with Gasteiger partial charge in [0.2, 0.25) is 0 Å². The second-order valence-corrected chi connectivity index (χ2v) is 5.67. The lowest BCUT2D eigenvalue weighted by Gasteiger charge is -2.18. The molecule has 2 fully saturated rings. The van der Waals surface area contributed by atoms with Gasteiger partial charge in [0.15, 0.2) is 0 Å². The molecule has 1 saturated carbocycles. The first kappa shape index (κ1) is 13.0. The van der Waals surface area contributed by atoms with Gasteiger partial charge in [0, 0.05) is 18.8 Å². The lowest BCUT2D eigenvalue weighted by atomic mass is 10.0. The van der Waals surface area contributed by atoms with Crippen LogP contribution in [-0.2, 0) is 0 Å². The van der Waals surface area contributed by atoms with Crippen molar-refractivity contribution in [2.45, 2.75) is 19.3 Å². The Kier molecular flexibility index (Phi) is 3.34. The van der Waals surface area contributed by atoms with E-state index in [1.807, 2.05) is 4.90 Å². The van der Waals surface area contributed by atoms with Crippen LogP contribution in [0.5, 0.6) is 0 Å². The van der Waals surface area contributed by atoms with E-state index >= 15 is 0 Å². The van der Waals surface area contributed by atoms with Crippen LogP contribution in [0.4, 0.5) is 10.5 Å². The molecule has 1 aliphatic heterocycles. The minimum atomic E-state index is -0.963. The van der Waals surface area contributed by atoms with E-state index in [0.717, 1.165) is 13.1 Å². The van der Waals surface area contributed by atoms with Gasteiger partial charge >= 0.3 is 12.0 Å². The Bertz CT molecular complexity index is 514. The molecule has 106 valence electrons. The highest BCUT2D eigenvalue weighted by Gasteiger charge is 2.37. The Hall–Kier alpha value is -2.04. The average Bonchev–Trinajstić information content (AvgIpc) is 2.99. The van der Waals surface area contributed by atoms with Crippen molar-refractivity contribution in [1.29, 1.82) is 0 Å². The molecule has 2 atom stereocenters. The number of carbonyl (C=O) groups excluding carboxylic acids is 1. The molecule has 2 aliphatic rings. The summed E-state index contributed by atoms with van der Waals surface area (Å²) in [4.78, 5) is 24.8. The summed E-state index contributed by atoms with van der Waals surface area (Å²) in [6, 6.07) is 6.16. The third kappa shape index (κ3) is 2.48. The van der Waals surface area contributed by atoms with Crippen LogP contribution in [0.3, 0.4) is 0 Å². The van der Waals surface area contributed by atoms with Gasteiger partial charge in [-0.05, 0) is 48.9 Å². The molecular weight excluding hydrogens is 256 g/mol. The van der Waals surface area contributed by atoms with Gasteiger partial charge in [0.25, 0.3) is 0 Å². The number of likely N-dealkylation sites (tertiary alicyclic amines) is 1. The molecule has 1 heterocycles. The molecule has 0 aromatic heterocycles. The summed E-state index contributed by atoms with van der Waals surface area (Å²) in [5.41, 5.74) is 0.857. The zero-order valence-electron chi connectivity index (χ0n) is 11.2. The predicted molar refractivity (Wildman–Crippen MR) is 74.8 cm³/mol. The molecule has 20 heavy (non-hydrogen) atoms. The molecule has 1 saturated heterocycles. The Morgan fingerprint density at radius 3 is 2.25 bits per heavy atom. The maximum atomic E-state index is 12.2. The summed E-state index contributed by atoms with van der Waals surface area (Å²) < 4.78 is 0. The number of fused-ring (bicyclic) bond motifs is 1. The normalized spacial score (nSPS) is 24.5. The van der Waals surface area contributed by atoms with E-state index in [-0.39, 0.29) is 11.6 Å².